The minimum atomic E-state index is -0.205. The van der Waals surface area contributed by atoms with Crippen molar-refractivity contribution in [3.8, 4) is 0 Å². The molecule has 3 atom stereocenters. The minimum absolute atomic E-state index is 0.0548. The summed E-state index contributed by atoms with van der Waals surface area (Å²) >= 11 is 0. The van der Waals surface area contributed by atoms with Crippen molar-refractivity contribution >= 4 is 22.6 Å². The van der Waals surface area contributed by atoms with Gasteiger partial charge in [0.2, 0.25) is 0 Å². The van der Waals surface area contributed by atoms with Gasteiger partial charge in [0, 0.05) is 30.1 Å². The zero-order valence-electron chi connectivity index (χ0n) is 18.5. The number of rotatable bonds is 4. The van der Waals surface area contributed by atoms with E-state index in [1.807, 2.05) is 24.4 Å². The van der Waals surface area contributed by atoms with Crippen LogP contribution in [0.2, 0.25) is 0 Å². The fourth-order valence-corrected chi connectivity index (χ4v) is 5.48. The number of halogens is 1. The normalized spacial score (nSPS) is 27.8. The predicted molar refractivity (Wildman–Crippen MR) is 125 cm³/mol. The van der Waals surface area contributed by atoms with Gasteiger partial charge in [0.25, 0.3) is 5.91 Å². The monoisotopic (exact) mass is 432 g/mol. The van der Waals surface area contributed by atoms with Crippen LogP contribution in [-0.2, 0) is 4.79 Å². The van der Waals surface area contributed by atoms with Crippen molar-refractivity contribution in [3.63, 3.8) is 0 Å². The lowest BCUT2D eigenvalue weighted by Gasteiger charge is -2.33. The molecule has 1 saturated carbocycles. The van der Waals surface area contributed by atoms with Gasteiger partial charge in [-0.3, -0.25) is 14.8 Å². The van der Waals surface area contributed by atoms with Gasteiger partial charge in [0.15, 0.2) is 0 Å². The molecule has 3 unspecified atom stereocenters. The molecule has 1 aromatic carbocycles. The summed E-state index contributed by atoms with van der Waals surface area (Å²) in [6, 6.07) is 7.05. The van der Waals surface area contributed by atoms with E-state index in [1.165, 1.54) is 11.6 Å². The molecule has 0 radical (unpaired) electrons. The van der Waals surface area contributed by atoms with Crippen LogP contribution in [0.25, 0.3) is 10.9 Å². The van der Waals surface area contributed by atoms with Crippen LogP contribution in [0.1, 0.15) is 44.1 Å². The molecule has 3 aliphatic rings. The van der Waals surface area contributed by atoms with Crippen molar-refractivity contribution in [1.82, 2.24) is 15.6 Å². The van der Waals surface area contributed by atoms with Crippen molar-refractivity contribution in [1.29, 1.82) is 0 Å². The Kier molecular flexibility index (Phi) is 5.53. The van der Waals surface area contributed by atoms with Crippen molar-refractivity contribution in [3.05, 3.63) is 65.6 Å². The number of hydrogen-bond donors (Lipinski definition) is 2. The SMILES string of the molecule is CNC(=O)C1=CC2NC(C(C)C3CCC(c4ccnc5ccc(F)cc45)CC3)=NC2C=C1. The Bertz CT molecular complexity index is 1130. The summed E-state index contributed by atoms with van der Waals surface area (Å²) in [7, 11) is 1.65. The molecular weight excluding hydrogens is 403 g/mol. The standard InChI is InChI=1S/C26H29FN4O/c1-15(25-30-23-9-7-18(26(32)28-2)13-24(23)31-25)16-3-5-17(6-4-16)20-11-12-29-22-10-8-19(27)14-21(20)22/h7-17,23-24H,3-6H2,1-2H3,(H,28,32)(H,30,31). The first-order chi connectivity index (χ1) is 15.5. The number of likely N-dealkylation sites (N-methyl/N-ethyl adjacent to an activating group) is 1. The summed E-state index contributed by atoms with van der Waals surface area (Å²) in [6.07, 6.45) is 12.1. The highest BCUT2D eigenvalue weighted by Crippen LogP contribution is 2.41. The van der Waals surface area contributed by atoms with Crippen molar-refractivity contribution < 1.29 is 9.18 Å². The molecule has 166 valence electrons. The quantitative estimate of drug-likeness (QED) is 0.759. The molecule has 2 heterocycles. The summed E-state index contributed by atoms with van der Waals surface area (Å²) in [5, 5.41) is 7.19. The van der Waals surface area contributed by atoms with E-state index in [-0.39, 0.29) is 23.8 Å². The van der Waals surface area contributed by atoms with Gasteiger partial charge in [-0.05, 0) is 73.4 Å². The number of carbonyl (C=O) groups excluding carboxylic acids is 1. The number of aromatic nitrogens is 1. The molecule has 1 aliphatic heterocycles. The summed E-state index contributed by atoms with van der Waals surface area (Å²) in [5.41, 5.74) is 2.77. The molecule has 1 aromatic heterocycles. The lowest BCUT2D eigenvalue weighted by atomic mass is 9.73. The summed E-state index contributed by atoms with van der Waals surface area (Å²) < 4.78 is 13.9. The highest BCUT2D eigenvalue weighted by molar-refractivity contribution is 5.97. The maximum atomic E-state index is 13.9. The fraction of sp³-hybridized carbons (Fsp3) is 0.423. The second-order valence-electron chi connectivity index (χ2n) is 9.20. The van der Waals surface area contributed by atoms with Gasteiger partial charge in [-0.15, -0.1) is 0 Å². The van der Waals surface area contributed by atoms with E-state index in [9.17, 15) is 9.18 Å². The first-order valence-electron chi connectivity index (χ1n) is 11.5. The minimum Gasteiger partial charge on any atom is -0.365 e. The second-order valence-corrected chi connectivity index (χ2v) is 9.20. The van der Waals surface area contributed by atoms with E-state index in [4.69, 9.17) is 4.99 Å². The highest BCUT2D eigenvalue weighted by Gasteiger charge is 2.35. The largest absolute Gasteiger partial charge is 0.365 e. The number of hydrogen-bond acceptors (Lipinski definition) is 4. The van der Waals surface area contributed by atoms with Gasteiger partial charge in [0.05, 0.1) is 17.6 Å². The average Bonchev–Trinajstić information content (AvgIpc) is 3.26. The van der Waals surface area contributed by atoms with Gasteiger partial charge >= 0.3 is 0 Å². The number of amidine groups is 1. The van der Waals surface area contributed by atoms with E-state index in [2.05, 4.69) is 28.6 Å². The number of pyridine rings is 1. The van der Waals surface area contributed by atoms with E-state index < -0.39 is 0 Å². The highest BCUT2D eigenvalue weighted by atomic mass is 19.1. The molecular formula is C26H29FN4O. The first-order valence-corrected chi connectivity index (χ1v) is 11.5. The molecule has 6 heteroatoms. The van der Waals surface area contributed by atoms with Crippen molar-refractivity contribution in [2.24, 2.45) is 16.8 Å². The third-order valence-corrected chi connectivity index (χ3v) is 7.38. The van der Waals surface area contributed by atoms with Gasteiger partial charge < -0.3 is 10.6 Å². The van der Waals surface area contributed by atoms with Crippen LogP contribution >= 0.6 is 0 Å². The van der Waals surface area contributed by atoms with Crippen molar-refractivity contribution in [2.45, 2.75) is 50.6 Å². The van der Waals surface area contributed by atoms with Crippen molar-refractivity contribution in [2.75, 3.05) is 7.05 Å². The van der Waals surface area contributed by atoms with Crippen LogP contribution < -0.4 is 10.6 Å². The zero-order valence-corrected chi connectivity index (χ0v) is 18.5. The number of amides is 1. The average molecular weight is 433 g/mol. The van der Waals surface area contributed by atoms with Crippen LogP contribution in [0.5, 0.6) is 0 Å². The molecule has 1 amide bonds. The second kappa shape index (κ2) is 8.49. The Labute approximate surface area is 187 Å². The molecule has 0 spiro atoms. The van der Waals surface area contributed by atoms with Gasteiger partial charge in [-0.1, -0.05) is 19.1 Å². The van der Waals surface area contributed by atoms with E-state index in [0.717, 1.165) is 42.4 Å². The predicted octanol–water partition coefficient (Wildman–Crippen LogP) is 4.26. The lowest BCUT2D eigenvalue weighted by Crippen LogP contribution is -2.39. The van der Waals surface area contributed by atoms with E-state index >= 15 is 0 Å². The van der Waals surface area contributed by atoms with E-state index in [0.29, 0.717) is 23.3 Å². The Morgan fingerprint density at radius 1 is 1.22 bits per heavy atom. The third-order valence-electron chi connectivity index (χ3n) is 7.38. The fourth-order valence-electron chi connectivity index (χ4n) is 5.48. The first kappa shape index (κ1) is 20.9. The Hall–Kier alpha value is -3.02. The third kappa shape index (κ3) is 3.83. The molecule has 1 fully saturated rings. The molecule has 5 rings (SSSR count). The molecule has 2 aromatic rings. The van der Waals surface area contributed by atoms with E-state index in [1.54, 1.807) is 19.2 Å². The Balaban J connectivity index is 1.25. The molecule has 5 nitrogen and oxygen atoms in total. The number of nitrogens with zero attached hydrogens (tertiary/aromatic N) is 2. The molecule has 2 N–H and O–H groups in total. The molecule has 2 aliphatic carbocycles. The van der Waals surface area contributed by atoms with Crippen LogP contribution in [0.4, 0.5) is 4.39 Å². The van der Waals surface area contributed by atoms with Crippen LogP contribution in [0.3, 0.4) is 0 Å². The summed E-state index contributed by atoms with van der Waals surface area (Å²) in [4.78, 5) is 21.3. The van der Waals surface area contributed by atoms with Crippen LogP contribution in [-0.4, -0.2) is 35.9 Å². The molecule has 32 heavy (non-hydrogen) atoms. The smallest absolute Gasteiger partial charge is 0.250 e. The van der Waals surface area contributed by atoms with Gasteiger partial charge in [0.1, 0.15) is 11.7 Å². The maximum absolute atomic E-state index is 13.9. The summed E-state index contributed by atoms with van der Waals surface area (Å²) in [5.74, 6) is 2.13. The maximum Gasteiger partial charge on any atom is 0.250 e. The molecule has 0 bridgehead atoms. The topological polar surface area (TPSA) is 66.4 Å². The number of carbonyl (C=O) groups is 1. The summed E-state index contributed by atoms with van der Waals surface area (Å²) in [6.45, 7) is 2.26. The Morgan fingerprint density at radius 3 is 2.81 bits per heavy atom. The Morgan fingerprint density at radius 2 is 2.03 bits per heavy atom. The number of benzene rings is 1. The van der Waals surface area contributed by atoms with Gasteiger partial charge in [-0.2, -0.15) is 0 Å². The number of fused-ring (bicyclic) bond motifs is 2. The lowest BCUT2D eigenvalue weighted by molar-refractivity contribution is -0.116. The number of nitrogens with one attached hydrogen (secondary N) is 2. The van der Waals surface area contributed by atoms with Gasteiger partial charge in [-0.25, -0.2) is 4.39 Å². The van der Waals surface area contributed by atoms with Crippen LogP contribution in [0, 0.1) is 17.7 Å². The van der Waals surface area contributed by atoms with Crippen LogP contribution in [0.15, 0.2) is 59.3 Å². The zero-order chi connectivity index (χ0) is 22.2. The molecule has 0 saturated heterocycles. The number of aliphatic imine (C=N–C) groups is 1.